The maximum absolute atomic E-state index is 12.8. The highest BCUT2D eigenvalue weighted by Gasteiger charge is 2.27. The molecular weight excluding hydrogens is 396 g/mol. The van der Waals surface area contributed by atoms with Crippen molar-refractivity contribution in [1.82, 2.24) is 15.0 Å². The van der Waals surface area contributed by atoms with Crippen LogP contribution in [-0.4, -0.2) is 41.0 Å². The molecule has 0 atom stereocenters. The first-order chi connectivity index (χ1) is 13.8. The second kappa shape index (κ2) is 8.42. The van der Waals surface area contributed by atoms with Gasteiger partial charge in [-0.3, -0.25) is 14.4 Å². The molecule has 2 aromatic heterocycles. The summed E-state index contributed by atoms with van der Waals surface area (Å²) in [6, 6.07) is 8.62. The minimum atomic E-state index is -0.494. The summed E-state index contributed by atoms with van der Waals surface area (Å²) in [5.41, 5.74) is 1.91. The van der Waals surface area contributed by atoms with E-state index < -0.39 is 5.91 Å². The van der Waals surface area contributed by atoms with Crippen LogP contribution in [0, 0.1) is 6.92 Å². The summed E-state index contributed by atoms with van der Waals surface area (Å²) in [4.78, 5) is 37.7. The van der Waals surface area contributed by atoms with Crippen molar-refractivity contribution in [1.29, 1.82) is 0 Å². The van der Waals surface area contributed by atoms with Gasteiger partial charge >= 0.3 is 0 Å². The van der Waals surface area contributed by atoms with Crippen LogP contribution in [0.25, 0.3) is 22.8 Å². The molecule has 3 aromatic rings. The highest BCUT2D eigenvalue weighted by atomic mass is 35.5. The molecule has 0 fully saturated rings. The smallest absolute Gasteiger partial charge is 0.299 e. The standard InChI is InChI=1S/C20H19ClN4O4/c1-11-10-22-16(23-12(2)26)9-14(11)19-24-17(20(27)25(3)28-4)18(29-19)13-7-5-6-8-15(13)21/h5-10H,1-4H3,(H,22,23,26). The van der Waals surface area contributed by atoms with E-state index in [0.717, 1.165) is 10.6 Å². The largest absolute Gasteiger partial charge is 0.435 e. The third-order valence-electron chi connectivity index (χ3n) is 4.15. The van der Waals surface area contributed by atoms with E-state index in [1.165, 1.54) is 21.1 Å². The molecule has 0 aliphatic heterocycles. The molecule has 8 nitrogen and oxygen atoms in total. The first-order valence-corrected chi connectivity index (χ1v) is 9.02. The number of hydrogen-bond donors (Lipinski definition) is 1. The number of aromatic nitrogens is 2. The number of rotatable bonds is 5. The number of aryl methyl sites for hydroxylation is 1. The van der Waals surface area contributed by atoms with Crippen LogP contribution in [0.15, 0.2) is 40.9 Å². The number of hydrogen-bond acceptors (Lipinski definition) is 6. The van der Waals surface area contributed by atoms with E-state index in [1.807, 2.05) is 6.92 Å². The summed E-state index contributed by atoms with van der Waals surface area (Å²) < 4.78 is 5.99. The van der Waals surface area contributed by atoms with E-state index in [9.17, 15) is 9.59 Å². The summed E-state index contributed by atoms with van der Waals surface area (Å²) in [6.45, 7) is 3.21. The van der Waals surface area contributed by atoms with Gasteiger partial charge in [0.2, 0.25) is 11.8 Å². The van der Waals surface area contributed by atoms with Crippen molar-refractivity contribution in [3.05, 3.63) is 52.8 Å². The number of amides is 2. The lowest BCUT2D eigenvalue weighted by Crippen LogP contribution is -2.26. The molecule has 3 rings (SSSR count). The molecule has 29 heavy (non-hydrogen) atoms. The van der Waals surface area contributed by atoms with Crippen molar-refractivity contribution in [3.8, 4) is 22.8 Å². The molecule has 0 saturated carbocycles. The van der Waals surface area contributed by atoms with E-state index in [2.05, 4.69) is 15.3 Å². The van der Waals surface area contributed by atoms with Crippen molar-refractivity contribution in [2.24, 2.45) is 0 Å². The molecule has 150 valence electrons. The Labute approximate surface area is 172 Å². The Morgan fingerprint density at radius 2 is 1.97 bits per heavy atom. The van der Waals surface area contributed by atoms with Crippen LogP contribution in [-0.2, 0) is 9.63 Å². The molecule has 2 amide bonds. The van der Waals surface area contributed by atoms with E-state index in [1.54, 1.807) is 36.5 Å². The van der Waals surface area contributed by atoms with Crippen LogP contribution in [0.2, 0.25) is 5.02 Å². The van der Waals surface area contributed by atoms with Gasteiger partial charge in [-0.2, -0.15) is 0 Å². The minimum Gasteiger partial charge on any atom is -0.435 e. The van der Waals surface area contributed by atoms with Crippen LogP contribution in [0.4, 0.5) is 5.82 Å². The zero-order valence-corrected chi connectivity index (χ0v) is 17.1. The average Bonchev–Trinajstić information content (AvgIpc) is 3.13. The zero-order chi connectivity index (χ0) is 21.1. The summed E-state index contributed by atoms with van der Waals surface area (Å²) in [5.74, 6) is 0.00815. The normalized spacial score (nSPS) is 10.7. The number of halogens is 1. The van der Waals surface area contributed by atoms with Gasteiger partial charge in [0.05, 0.1) is 12.1 Å². The van der Waals surface area contributed by atoms with Gasteiger partial charge in [0.25, 0.3) is 5.91 Å². The van der Waals surface area contributed by atoms with Crippen LogP contribution in [0.5, 0.6) is 0 Å². The number of pyridine rings is 1. The van der Waals surface area contributed by atoms with Crippen molar-refractivity contribution >= 4 is 29.2 Å². The maximum atomic E-state index is 12.8. The van der Waals surface area contributed by atoms with Gasteiger partial charge in [0.15, 0.2) is 11.5 Å². The van der Waals surface area contributed by atoms with Crippen LogP contribution < -0.4 is 5.32 Å². The molecule has 0 unspecified atom stereocenters. The zero-order valence-electron chi connectivity index (χ0n) is 16.3. The third kappa shape index (κ3) is 4.28. The highest BCUT2D eigenvalue weighted by molar-refractivity contribution is 6.33. The molecule has 2 heterocycles. The Morgan fingerprint density at radius 3 is 2.62 bits per heavy atom. The summed E-state index contributed by atoms with van der Waals surface area (Å²) in [6.07, 6.45) is 1.59. The summed E-state index contributed by atoms with van der Waals surface area (Å²) >= 11 is 6.32. The van der Waals surface area contributed by atoms with Crippen LogP contribution in [0.3, 0.4) is 0 Å². The molecule has 0 aliphatic carbocycles. The number of carbonyl (C=O) groups excluding carboxylic acids is 2. The Hall–Kier alpha value is -3.23. The molecule has 0 saturated heterocycles. The van der Waals surface area contributed by atoms with Gasteiger partial charge in [-0.05, 0) is 30.7 Å². The SMILES string of the molecule is CON(C)C(=O)c1nc(-c2cc(NC(C)=O)ncc2C)oc1-c1ccccc1Cl. The Kier molecular flexibility index (Phi) is 5.95. The van der Waals surface area contributed by atoms with Crippen molar-refractivity contribution in [3.63, 3.8) is 0 Å². The monoisotopic (exact) mass is 414 g/mol. The van der Waals surface area contributed by atoms with Gasteiger partial charge in [-0.25, -0.2) is 15.0 Å². The molecule has 0 bridgehead atoms. The topological polar surface area (TPSA) is 97.6 Å². The Morgan fingerprint density at radius 1 is 1.24 bits per heavy atom. The van der Waals surface area contributed by atoms with Gasteiger partial charge in [0.1, 0.15) is 5.82 Å². The lowest BCUT2D eigenvalue weighted by Gasteiger charge is -2.12. The molecule has 1 aromatic carbocycles. The molecule has 0 spiro atoms. The number of nitrogens with one attached hydrogen (secondary N) is 1. The maximum Gasteiger partial charge on any atom is 0.299 e. The van der Waals surface area contributed by atoms with Crippen molar-refractivity contribution < 1.29 is 18.8 Å². The minimum absolute atomic E-state index is 0.0507. The second-order valence-electron chi connectivity index (χ2n) is 6.23. The van der Waals surface area contributed by atoms with Gasteiger partial charge < -0.3 is 9.73 Å². The quantitative estimate of drug-likeness (QED) is 0.634. The Bertz CT molecular complexity index is 1080. The van der Waals surface area contributed by atoms with E-state index >= 15 is 0 Å². The fourth-order valence-electron chi connectivity index (χ4n) is 2.64. The molecular formula is C20H19ClN4O4. The average molecular weight is 415 g/mol. The molecule has 1 N–H and O–H groups in total. The highest BCUT2D eigenvalue weighted by Crippen LogP contribution is 2.35. The van der Waals surface area contributed by atoms with E-state index in [0.29, 0.717) is 22.0 Å². The molecule has 0 aliphatic rings. The lowest BCUT2D eigenvalue weighted by atomic mass is 10.1. The number of oxazole rings is 1. The Balaban J connectivity index is 2.18. The van der Waals surface area contributed by atoms with Gasteiger partial charge in [0, 0.05) is 31.3 Å². The van der Waals surface area contributed by atoms with Crippen LogP contribution >= 0.6 is 11.6 Å². The molecule has 9 heteroatoms. The number of carbonyl (C=O) groups is 2. The summed E-state index contributed by atoms with van der Waals surface area (Å²) in [5, 5.41) is 4.08. The number of benzene rings is 1. The van der Waals surface area contributed by atoms with Crippen LogP contribution in [0.1, 0.15) is 23.0 Å². The van der Waals surface area contributed by atoms with Crippen molar-refractivity contribution in [2.45, 2.75) is 13.8 Å². The van der Waals surface area contributed by atoms with E-state index in [4.69, 9.17) is 20.9 Å². The molecule has 0 radical (unpaired) electrons. The first kappa shape index (κ1) is 20.5. The number of anilines is 1. The van der Waals surface area contributed by atoms with E-state index in [-0.39, 0.29) is 23.3 Å². The summed E-state index contributed by atoms with van der Waals surface area (Å²) in [7, 11) is 2.85. The predicted octanol–water partition coefficient (Wildman–Crippen LogP) is 3.96. The fraction of sp³-hybridized carbons (Fsp3) is 0.200. The number of hydroxylamine groups is 2. The second-order valence-corrected chi connectivity index (χ2v) is 6.63. The van der Waals surface area contributed by atoms with Gasteiger partial charge in [-0.1, -0.05) is 23.7 Å². The lowest BCUT2D eigenvalue weighted by molar-refractivity contribution is -0.114. The first-order valence-electron chi connectivity index (χ1n) is 8.64. The third-order valence-corrected chi connectivity index (χ3v) is 4.48. The van der Waals surface area contributed by atoms with Gasteiger partial charge in [-0.15, -0.1) is 0 Å². The fourth-order valence-corrected chi connectivity index (χ4v) is 2.86. The van der Waals surface area contributed by atoms with Crippen molar-refractivity contribution in [2.75, 3.05) is 19.5 Å². The predicted molar refractivity (Wildman–Crippen MR) is 108 cm³/mol. The number of nitrogens with zero attached hydrogens (tertiary/aromatic N) is 3.